The van der Waals surface area contributed by atoms with E-state index in [2.05, 4.69) is 0 Å². The van der Waals surface area contributed by atoms with Crippen LogP contribution in [0, 0.1) is 0 Å². The van der Waals surface area contributed by atoms with Gasteiger partial charge in [-0.15, -0.1) is 0 Å². The van der Waals surface area contributed by atoms with Crippen LogP contribution in [0.25, 0.3) is 0 Å². The second kappa shape index (κ2) is 4.62. The Morgan fingerprint density at radius 2 is 1.69 bits per heavy atom. The molecule has 1 rings (SSSR count). The van der Waals surface area contributed by atoms with Gasteiger partial charge in [0.1, 0.15) is 0 Å². The van der Waals surface area contributed by atoms with Crippen molar-refractivity contribution in [1.29, 1.82) is 0 Å². The number of hydrogen-bond donors (Lipinski definition) is 1. The van der Waals surface area contributed by atoms with Crippen molar-refractivity contribution in [2.75, 3.05) is 14.2 Å². The van der Waals surface area contributed by atoms with Gasteiger partial charge in [-0.3, -0.25) is 0 Å². The summed E-state index contributed by atoms with van der Waals surface area (Å²) in [5.74, 6) is 1.48. The van der Waals surface area contributed by atoms with Crippen molar-refractivity contribution in [2.45, 2.75) is 0 Å². The molecule has 4 nitrogen and oxygen atoms in total. The van der Waals surface area contributed by atoms with Crippen LogP contribution in [0.3, 0.4) is 0 Å². The Labute approximate surface area is 77.4 Å². The van der Waals surface area contributed by atoms with E-state index in [1.807, 2.05) is 0 Å². The van der Waals surface area contributed by atoms with Gasteiger partial charge < -0.3 is 19.2 Å². The van der Waals surface area contributed by atoms with Gasteiger partial charge in [-0.2, -0.15) is 0 Å². The maximum Gasteiger partial charge on any atom is 0.504 e. The molecule has 0 saturated heterocycles. The molecule has 0 saturated carbocycles. The fraction of sp³-hybridized carbons (Fsp3) is 0.250. The van der Waals surface area contributed by atoms with Crippen molar-refractivity contribution in [3.8, 4) is 17.2 Å². The highest BCUT2D eigenvalue weighted by Crippen LogP contribution is 2.36. The Bertz CT molecular complexity index is 255. The first-order valence-electron chi connectivity index (χ1n) is 3.78. The van der Waals surface area contributed by atoms with Crippen LogP contribution in [0.2, 0.25) is 0 Å². The average molecular weight is 182 g/mol. The van der Waals surface area contributed by atoms with E-state index in [1.54, 1.807) is 18.2 Å². The smallest absolute Gasteiger partial charge is 0.504 e. The molecule has 13 heavy (non-hydrogen) atoms. The van der Waals surface area contributed by atoms with Crippen LogP contribution in [-0.4, -0.2) is 26.9 Å². The summed E-state index contributed by atoms with van der Waals surface area (Å²) in [6.45, 7) is 0. The first-order chi connectivity index (χ1) is 6.33. The molecular weight excluding hydrogens is 171 g/mol. The van der Waals surface area contributed by atoms with Crippen LogP contribution in [0.1, 0.15) is 0 Å². The van der Waals surface area contributed by atoms with Gasteiger partial charge in [0.25, 0.3) is 0 Å². The molecule has 0 aliphatic heterocycles. The molecule has 1 N–H and O–H groups in total. The summed E-state index contributed by atoms with van der Waals surface area (Å²) in [4.78, 5) is 0. The van der Waals surface area contributed by atoms with E-state index in [0.717, 1.165) is 0 Å². The number of methoxy groups -OCH3 is 2. The molecule has 0 aliphatic rings. The zero-order valence-corrected chi connectivity index (χ0v) is 7.61. The third-order valence-electron chi connectivity index (χ3n) is 1.59. The normalized spacial score (nSPS) is 9.15. The fourth-order valence-corrected chi connectivity index (χ4v) is 1.02. The Morgan fingerprint density at radius 3 is 2.08 bits per heavy atom. The number of ether oxygens (including phenoxy) is 2. The largest absolute Gasteiger partial charge is 0.534 e. The molecule has 0 amide bonds. The standard InChI is InChI=1S/C8H11BO4/c1-11-6-4-3-5-7(12-2)8(6)13-9-10/h3-5,9-10H,1-2H3. The lowest BCUT2D eigenvalue weighted by molar-refractivity contribution is 0.351. The van der Waals surface area contributed by atoms with Crippen LogP contribution in [0.4, 0.5) is 0 Å². The van der Waals surface area contributed by atoms with Crippen LogP contribution in [-0.2, 0) is 0 Å². The van der Waals surface area contributed by atoms with Crippen molar-refractivity contribution < 1.29 is 19.2 Å². The molecule has 1 aromatic carbocycles. The number of hydrogen-bond acceptors (Lipinski definition) is 4. The Kier molecular flexibility index (Phi) is 3.46. The first-order valence-corrected chi connectivity index (χ1v) is 3.78. The van der Waals surface area contributed by atoms with E-state index in [4.69, 9.17) is 19.2 Å². The molecule has 0 bridgehead atoms. The van der Waals surface area contributed by atoms with E-state index in [0.29, 0.717) is 17.2 Å². The molecule has 70 valence electrons. The van der Waals surface area contributed by atoms with Gasteiger partial charge in [-0.1, -0.05) is 6.07 Å². The van der Waals surface area contributed by atoms with Crippen molar-refractivity contribution >= 4 is 7.69 Å². The number of benzene rings is 1. The summed E-state index contributed by atoms with van der Waals surface area (Å²) in [5.41, 5.74) is 0. The van der Waals surface area contributed by atoms with E-state index in [-0.39, 0.29) is 0 Å². The number of para-hydroxylation sites is 1. The van der Waals surface area contributed by atoms with Crippen LogP contribution < -0.4 is 14.1 Å². The van der Waals surface area contributed by atoms with Gasteiger partial charge in [-0.25, -0.2) is 0 Å². The predicted molar refractivity (Wildman–Crippen MR) is 49.5 cm³/mol. The summed E-state index contributed by atoms with van der Waals surface area (Å²) in [6, 6.07) is 5.24. The van der Waals surface area contributed by atoms with Gasteiger partial charge in [0.05, 0.1) is 14.2 Å². The topological polar surface area (TPSA) is 47.9 Å². The van der Waals surface area contributed by atoms with E-state index in [1.165, 1.54) is 14.2 Å². The van der Waals surface area contributed by atoms with E-state index < -0.39 is 7.69 Å². The number of rotatable bonds is 4. The molecule has 0 spiro atoms. The molecular formula is C8H11BO4. The van der Waals surface area contributed by atoms with E-state index in [9.17, 15) is 0 Å². The second-order valence-electron chi connectivity index (χ2n) is 2.27. The molecule has 0 aliphatic carbocycles. The van der Waals surface area contributed by atoms with E-state index >= 15 is 0 Å². The quantitative estimate of drug-likeness (QED) is 0.682. The Hall–Kier alpha value is -1.36. The molecule has 0 atom stereocenters. The van der Waals surface area contributed by atoms with Gasteiger partial charge in [-0.05, 0) is 12.1 Å². The summed E-state index contributed by atoms with van der Waals surface area (Å²) < 4.78 is 15.0. The van der Waals surface area contributed by atoms with Gasteiger partial charge >= 0.3 is 7.69 Å². The van der Waals surface area contributed by atoms with Crippen molar-refractivity contribution in [1.82, 2.24) is 0 Å². The zero-order chi connectivity index (χ0) is 9.68. The lowest BCUT2D eigenvalue weighted by Crippen LogP contribution is -2.03. The van der Waals surface area contributed by atoms with Crippen molar-refractivity contribution in [2.24, 2.45) is 0 Å². The Morgan fingerprint density at radius 1 is 1.15 bits per heavy atom. The molecule has 5 heteroatoms. The predicted octanol–water partition coefficient (Wildman–Crippen LogP) is 0.341. The average Bonchev–Trinajstić information content (AvgIpc) is 2.18. The molecule has 0 fully saturated rings. The van der Waals surface area contributed by atoms with Crippen LogP contribution in [0.15, 0.2) is 18.2 Å². The van der Waals surface area contributed by atoms with Gasteiger partial charge in [0.15, 0.2) is 17.2 Å². The fourth-order valence-electron chi connectivity index (χ4n) is 1.02. The highest BCUT2D eigenvalue weighted by molar-refractivity contribution is 6.17. The molecule has 1 aromatic rings. The minimum atomic E-state index is -0.406. The highest BCUT2D eigenvalue weighted by Gasteiger charge is 2.10. The van der Waals surface area contributed by atoms with Gasteiger partial charge in [0.2, 0.25) is 0 Å². The minimum absolute atomic E-state index is 0.406. The Balaban J connectivity index is 3.05. The molecule has 0 radical (unpaired) electrons. The highest BCUT2D eigenvalue weighted by atomic mass is 16.5. The van der Waals surface area contributed by atoms with Crippen molar-refractivity contribution in [3.05, 3.63) is 18.2 Å². The third kappa shape index (κ3) is 2.06. The van der Waals surface area contributed by atoms with Crippen molar-refractivity contribution in [3.63, 3.8) is 0 Å². The zero-order valence-electron chi connectivity index (χ0n) is 7.61. The third-order valence-corrected chi connectivity index (χ3v) is 1.59. The monoisotopic (exact) mass is 182 g/mol. The van der Waals surface area contributed by atoms with Gasteiger partial charge in [0, 0.05) is 0 Å². The first kappa shape index (κ1) is 9.73. The summed E-state index contributed by atoms with van der Waals surface area (Å²) in [7, 11) is 2.65. The molecule has 0 heterocycles. The maximum absolute atomic E-state index is 8.63. The summed E-state index contributed by atoms with van der Waals surface area (Å²) in [5, 5.41) is 8.63. The lowest BCUT2D eigenvalue weighted by atomic mass is 10.2. The lowest BCUT2D eigenvalue weighted by Gasteiger charge is -2.11. The minimum Gasteiger partial charge on any atom is -0.534 e. The second-order valence-corrected chi connectivity index (χ2v) is 2.27. The maximum atomic E-state index is 8.63. The van der Waals surface area contributed by atoms with Crippen LogP contribution >= 0.6 is 0 Å². The molecule has 0 aromatic heterocycles. The summed E-state index contributed by atoms with van der Waals surface area (Å²) >= 11 is 0. The SMILES string of the molecule is COc1cccc(OC)c1OBO. The molecule has 0 unspecified atom stereocenters. The van der Waals surface area contributed by atoms with Crippen LogP contribution in [0.5, 0.6) is 17.2 Å². The summed E-state index contributed by atoms with van der Waals surface area (Å²) in [6.07, 6.45) is 0.